The second kappa shape index (κ2) is 6.20. The van der Waals surface area contributed by atoms with Crippen molar-refractivity contribution in [2.75, 3.05) is 5.32 Å². The second-order valence-corrected chi connectivity index (χ2v) is 6.18. The highest BCUT2D eigenvalue weighted by Gasteiger charge is 2.38. The number of nitro groups is 1. The molecule has 28 heavy (non-hydrogen) atoms. The molecule has 8 nitrogen and oxygen atoms in total. The van der Waals surface area contributed by atoms with Gasteiger partial charge in [0.1, 0.15) is 17.1 Å². The Morgan fingerprint density at radius 2 is 1.46 bits per heavy atom. The molecule has 0 bridgehead atoms. The van der Waals surface area contributed by atoms with Gasteiger partial charge >= 0.3 is 0 Å². The summed E-state index contributed by atoms with van der Waals surface area (Å²) in [6.45, 7) is 0. The molecule has 138 valence electrons. The van der Waals surface area contributed by atoms with Crippen molar-refractivity contribution in [3.8, 4) is 11.5 Å². The smallest absolute Gasteiger partial charge is 0.281 e. The van der Waals surface area contributed by atoms with Gasteiger partial charge in [0.05, 0.1) is 16.2 Å². The number of phenols is 2. The average Bonchev–Trinajstić information content (AvgIpc) is 2.67. The van der Waals surface area contributed by atoms with E-state index in [4.69, 9.17) is 0 Å². The van der Waals surface area contributed by atoms with E-state index in [2.05, 4.69) is 5.32 Å². The van der Waals surface area contributed by atoms with Gasteiger partial charge < -0.3 is 15.5 Å². The maximum absolute atomic E-state index is 13.0. The third kappa shape index (κ3) is 2.55. The zero-order valence-corrected chi connectivity index (χ0v) is 14.2. The van der Waals surface area contributed by atoms with E-state index in [9.17, 15) is 29.9 Å². The molecule has 3 N–H and O–H groups in total. The fraction of sp³-hybridized carbons (Fsp3) is 0. The minimum absolute atomic E-state index is 0.0950. The molecular weight excluding hydrogens is 364 g/mol. The van der Waals surface area contributed by atoms with E-state index >= 15 is 0 Å². The number of nitrogens with one attached hydrogen (secondary N) is 1. The van der Waals surface area contributed by atoms with Crippen molar-refractivity contribution in [2.24, 2.45) is 0 Å². The van der Waals surface area contributed by atoms with E-state index in [1.807, 2.05) is 6.07 Å². The molecule has 0 unspecified atom stereocenters. The van der Waals surface area contributed by atoms with Crippen LogP contribution >= 0.6 is 0 Å². The molecule has 0 amide bonds. The van der Waals surface area contributed by atoms with Crippen molar-refractivity contribution < 1.29 is 24.7 Å². The molecule has 1 aliphatic rings. The Kier molecular flexibility index (Phi) is 3.82. The van der Waals surface area contributed by atoms with Gasteiger partial charge in [0, 0.05) is 22.9 Å². The molecule has 8 heteroatoms. The minimum Gasteiger partial charge on any atom is -0.507 e. The van der Waals surface area contributed by atoms with Crippen molar-refractivity contribution >= 4 is 28.6 Å². The summed E-state index contributed by atoms with van der Waals surface area (Å²) >= 11 is 0. The molecule has 0 aliphatic heterocycles. The predicted molar refractivity (Wildman–Crippen MR) is 99.5 cm³/mol. The van der Waals surface area contributed by atoms with Crippen LogP contribution in [0.3, 0.4) is 0 Å². The van der Waals surface area contributed by atoms with Crippen LogP contribution in [0, 0.1) is 10.1 Å². The number of para-hydroxylation sites is 1. The SMILES string of the molecule is O=C1c2cc(O)c(Nc3ccccc3)cc2C(=O)c2c([N+](=O)[O-])ccc(O)c21. The molecule has 0 aromatic heterocycles. The standard InChI is InChI=1S/C20H12N2O6/c23-15-7-6-14(22(27)28)17-18(15)20(26)12-9-16(24)13(8-11(12)19(17)25)21-10-4-2-1-3-5-10/h1-9,21,23-24H. The van der Waals surface area contributed by atoms with Crippen molar-refractivity contribution in [3.05, 3.63) is 87.0 Å². The van der Waals surface area contributed by atoms with Crippen LogP contribution in [-0.4, -0.2) is 26.7 Å². The number of carbonyl (C=O) groups is 2. The molecular formula is C20H12N2O6. The van der Waals surface area contributed by atoms with Gasteiger partial charge in [-0.3, -0.25) is 19.7 Å². The van der Waals surface area contributed by atoms with Crippen LogP contribution in [0.25, 0.3) is 0 Å². The zero-order chi connectivity index (χ0) is 20.0. The Labute approximate surface area is 157 Å². The second-order valence-electron chi connectivity index (χ2n) is 6.18. The van der Waals surface area contributed by atoms with Gasteiger partial charge in [-0.2, -0.15) is 0 Å². The van der Waals surface area contributed by atoms with E-state index in [0.717, 1.165) is 18.2 Å². The molecule has 0 saturated carbocycles. The molecule has 0 fully saturated rings. The third-order valence-corrected chi connectivity index (χ3v) is 4.49. The van der Waals surface area contributed by atoms with Crippen molar-refractivity contribution in [1.82, 2.24) is 0 Å². The van der Waals surface area contributed by atoms with Crippen LogP contribution in [0.1, 0.15) is 31.8 Å². The number of ketones is 2. The summed E-state index contributed by atoms with van der Waals surface area (Å²) in [4.78, 5) is 36.3. The number of nitrogens with zero attached hydrogens (tertiary/aromatic N) is 1. The molecule has 4 rings (SSSR count). The first-order chi connectivity index (χ1) is 13.4. The number of hydrogen-bond acceptors (Lipinski definition) is 7. The third-order valence-electron chi connectivity index (χ3n) is 4.49. The normalized spacial score (nSPS) is 12.3. The Morgan fingerprint density at radius 1 is 0.821 bits per heavy atom. The number of nitro benzene ring substituents is 1. The van der Waals surface area contributed by atoms with Crippen LogP contribution in [0.4, 0.5) is 17.1 Å². The first-order valence-corrected chi connectivity index (χ1v) is 8.17. The Balaban J connectivity index is 1.90. The van der Waals surface area contributed by atoms with Crippen molar-refractivity contribution in [2.45, 2.75) is 0 Å². The van der Waals surface area contributed by atoms with Crippen LogP contribution in [0.15, 0.2) is 54.6 Å². The van der Waals surface area contributed by atoms with Crippen molar-refractivity contribution in [1.29, 1.82) is 0 Å². The molecule has 0 radical (unpaired) electrons. The van der Waals surface area contributed by atoms with Gasteiger partial charge in [-0.15, -0.1) is 0 Å². The average molecular weight is 376 g/mol. The summed E-state index contributed by atoms with van der Waals surface area (Å²) in [6, 6.07) is 13.2. The number of anilines is 2. The van der Waals surface area contributed by atoms with Crippen molar-refractivity contribution in [3.63, 3.8) is 0 Å². The Bertz CT molecular complexity index is 1170. The lowest BCUT2D eigenvalue weighted by Crippen LogP contribution is -2.22. The van der Waals surface area contributed by atoms with Crippen LogP contribution in [0.2, 0.25) is 0 Å². The summed E-state index contributed by atoms with van der Waals surface area (Å²) in [5, 5.41) is 34.6. The largest absolute Gasteiger partial charge is 0.507 e. The molecule has 0 spiro atoms. The quantitative estimate of drug-likeness (QED) is 0.283. The van der Waals surface area contributed by atoms with E-state index in [0.29, 0.717) is 5.69 Å². The van der Waals surface area contributed by atoms with Crippen LogP contribution in [-0.2, 0) is 0 Å². The van der Waals surface area contributed by atoms with Gasteiger partial charge in [-0.05, 0) is 30.3 Å². The lowest BCUT2D eigenvalue weighted by Gasteiger charge is -2.20. The molecule has 3 aromatic rings. The minimum atomic E-state index is -0.780. The zero-order valence-electron chi connectivity index (χ0n) is 14.2. The van der Waals surface area contributed by atoms with Gasteiger partial charge in [-0.1, -0.05) is 18.2 Å². The number of carbonyl (C=O) groups excluding carboxylic acids is 2. The van der Waals surface area contributed by atoms with E-state index in [1.165, 1.54) is 6.07 Å². The van der Waals surface area contributed by atoms with E-state index in [-0.39, 0.29) is 22.6 Å². The lowest BCUT2D eigenvalue weighted by atomic mass is 9.82. The van der Waals surface area contributed by atoms with Gasteiger partial charge in [0.2, 0.25) is 5.78 Å². The van der Waals surface area contributed by atoms with Gasteiger partial charge in [0.25, 0.3) is 5.69 Å². The first kappa shape index (κ1) is 17.2. The number of rotatable bonds is 3. The Hall–Kier alpha value is -4.20. The Morgan fingerprint density at radius 3 is 2.14 bits per heavy atom. The topological polar surface area (TPSA) is 130 Å². The predicted octanol–water partition coefficient (Wildman–Crippen LogP) is 3.53. The number of hydrogen-bond donors (Lipinski definition) is 3. The highest BCUT2D eigenvalue weighted by Crippen LogP contribution is 2.41. The van der Waals surface area contributed by atoms with Gasteiger partial charge in [-0.25, -0.2) is 0 Å². The van der Waals surface area contributed by atoms with E-state index in [1.54, 1.807) is 24.3 Å². The molecule has 1 aliphatic carbocycles. The summed E-state index contributed by atoms with van der Waals surface area (Å²) in [5.74, 6) is -2.36. The van der Waals surface area contributed by atoms with Gasteiger partial charge in [0.15, 0.2) is 5.78 Å². The molecule has 0 heterocycles. The monoisotopic (exact) mass is 376 g/mol. The number of benzene rings is 3. The number of phenolic OH excluding ortho intramolecular Hbond substituents is 2. The highest BCUT2D eigenvalue weighted by molar-refractivity contribution is 6.31. The number of aromatic hydroxyl groups is 2. The fourth-order valence-electron chi connectivity index (χ4n) is 3.20. The summed E-state index contributed by atoms with van der Waals surface area (Å²) in [5.41, 5.74) is -0.892. The molecule has 0 atom stereocenters. The maximum atomic E-state index is 13.0. The highest BCUT2D eigenvalue weighted by atomic mass is 16.6. The van der Waals surface area contributed by atoms with Crippen LogP contribution in [0.5, 0.6) is 11.5 Å². The summed E-state index contributed by atoms with van der Waals surface area (Å²) < 4.78 is 0. The van der Waals surface area contributed by atoms with E-state index < -0.39 is 39.1 Å². The van der Waals surface area contributed by atoms with Crippen LogP contribution < -0.4 is 5.32 Å². The number of fused-ring (bicyclic) bond motifs is 2. The fourth-order valence-corrected chi connectivity index (χ4v) is 3.20. The summed E-state index contributed by atoms with van der Waals surface area (Å²) in [6.07, 6.45) is 0. The maximum Gasteiger partial charge on any atom is 0.281 e. The first-order valence-electron chi connectivity index (χ1n) is 8.17. The lowest BCUT2D eigenvalue weighted by molar-refractivity contribution is -0.385. The summed E-state index contributed by atoms with van der Waals surface area (Å²) in [7, 11) is 0. The molecule has 3 aromatic carbocycles. The molecule has 0 saturated heterocycles.